The van der Waals surface area contributed by atoms with Crippen molar-refractivity contribution in [3.63, 3.8) is 0 Å². The van der Waals surface area contributed by atoms with E-state index in [4.69, 9.17) is 0 Å². The minimum Gasteiger partial charge on any atom is -0.352 e. The molecule has 0 bridgehead atoms. The third kappa shape index (κ3) is 4.07. The maximum Gasteiger partial charge on any atom is 0.244 e. The highest BCUT2D eigenvalue weighted by molar-refractivity contribution is 5.83. The van der Waals surface area contributed by atoms with Crippen molar-refractivity contribution < 1.29 is 9.18 Å². The van der Waals surface area contributed by atoms with Crippen LogP contribution >= 0.6 is 0 Å². The number of halogens is 1. The zero-order chi connectivity index (χ0) is 19.4. The molecule has 0 aliphatic carbocycles. The van der Waals surface area contributed by atoms with Gasteiger partial charge in [-0.1, -0.05) is 12.1 Å². The van der Waals surface area contributed by atoms with Crippen LogP contribution < -0.4 is 4.90 Å². The molecule has 1 aromatic carbocycles. The maximum absolute atomic E-state index is 13.6. The van der Waals surface area contributed by atoms with Crippen molar-refractivity contribution >= 4 is 11.7 Å². The third-order valence-electron chi connectivity index (χ3n) is 4.71. The summed E-state index contributed by atoms with van der Waals surface area (Å²) < 4.78 is 13.6. The number of amides is 1. The highest BCUT2D eigenvalue weighted by Gasteiger charge is 2.31. The molecule has 0 unspecified atom stereocenters. The maximum atomic E-state index is 13.6. The highest BCUT2D eigenvalue weighted by atomic mass is 19.1. The van der Waals surface area contributed by atoms with E-state index in [2.05, 4.69) is 11.1 Å². The van der Waals surface area contributed by atoms with Crippen molar-refractivity contribution in [3.8, 4) is 6.07 Å². The van der Waals surface area contributed by atoms with E-state index < -0.39 is 6.04 Å². The number of benzene rings is 1. The van der Waals surface area contributed by atoms with Crippen LogP contribution in [0, 0.1) is 17.1 Å². The van der Waals surface area contributed by atoms with Gasteiger partial charge in [-0.05, 0) is 43.9 Å². The van der Waals surface area contributed by atoms with Gasteiger partial charge in [-0.15, -0.1) is 0 Å². The fourth-order valence-electron chi connectivity index (χ4n) is 3.39. The van der Waals surface area contributed by atoms with Crippen molar-refractivity contribution in [2.45, 2.75) is 6.04 Å². The van der Waals surface area contributed by atoms with Crippen LogP contribution in [0.2, 0.25) is 0 Å². The molecule has 1 saturated heterocycles. The van der Waals surface area contributed by atoms with Crippen LogP contribution in [0.25, 0.3) is 0 Å². The SMILES string of the molecule is CN(C)[C@H](C(=O)N1CCN(c2ncccc2C#N)CC1)c1cccc(F)c1. The standard InChI is InChI=1S/C20H22FN5O/c1-24(2)18(15-5-3-7-17(21)13-15)20(27)26-11-9-25(10-12-26)19-16(14-22)6-4-8-23-19/h3-8,13,18H,9-12H2,1-2H3/t18-/m0/s1. The second-order valence-corrected chi connectivity index (χ2v) is 6.72. The van der Waals surface area contributed by atoms with Crippen LogP contribution in [-0.4, -0.2) is 61.0 Å². The molecule has 1 fully saturated rings. The van der Waals surface area contributed by atoms with E-state index in [9.17, 15) is 14.4 Å². The summed E-state index contributed by atoms with van der Waals surface area (Å²) in [4.78, 5) is 23.0. The number of anilines is 1. The third-order valence-corrected chi connectivity index (χ3v) is 4.71. The van der Waals surface area contributed by atoms with Gasteiger partial charge in [0.25, 0.3) is 0 Å². The lowest BCUT2D eigenvalue weighted by Crippen LogP contribution is -2.51. The molecule has 1 amide bonds. The minimum atomic E-state index is -0.531. The van der Waals surface area contributed by atoms with Crippen LogP contribution in [0.15, 0.2) is 42.6 Å². The number of pyridine rings is 1. The van der Waals surface area contributed by atoms with Crippen molar-refractivity contribution in [2.24, 2.45) is 0 Å². The topological polar surface area (TPSA) is 63.5 Å². The summed E-state index contributed by atoms with van der Waals surface area (Å²) in [6.07, 6.45) is 1.67. The first-order chi connectivity index (χ1) is 13.0. The van der Waals surface area contributed by atoms with Gasteiger partial charge < -0.3 is 9.80 Å². The average molecular weight is 367 g/mol. The van der Waals surface area contributed by atoms with Gasteiger partial charge in [0.05, 0.1) is 5.56 Å². The second-order valence-electron chi connectivity index (χ2n) is 6.72. The van der Waals surface area contributed by atoms with Crippen LogP contribution in [0.4, 0.5) is 10.2 Å². The fraction of sp³-hybridized carbons (Fsp3) is 0.350. The Morgan fingerprint density at radius 3 is 2.59 bits per heavy atom. The number of hydrogen-bond acceptors (Lipinski definition) is 5. The van der Waals surface area contributed by atoms with E-state index in [0.717, 1.165) is 0 Å². The number of carbonyl (C=O) groups excluding carboxylic acids is 1. The number of carbonyl (C=O) groups is 1. The number of hydrogen-bond donors (Lipinski definition) is 0. The van der Waals surface area contributed by atoms with E-state index in [0.29, 0.717) is 43.1 Å². The zero-order valence-corrected chi connectivity index (χ0v) is 15.5. The Hall–Kier alpha value is -2.98. The van der Waals surface area contributed by atoms with Crippen LogP contribution in [0.3, 0.4) is 0 Å². The molecule has 1 aliphatic rings. The molecule has 1 aliphatic heterocycles. The Labute approximate surface area is 158 Å². The van der Waals surface area contributed by atoms with E-state index in [1.165, 1.54) is 12.1 Å². The molecule has 140 valence electrons. The van der Waals surface area contributed by atoms with Gasteiger partial charge in [-0.3, -0.25) is 9.69 Å². The Morgan fingerprint density at radius 1 is 1.22 bits per heavy atom. The van der Waals surface area contributed by atoms with Crippen LogP contribution in [0.1, 0.15) is 17.2 Å². The van der Waals surface area contributed by atoms with Gasteiger partial charge in [-0.2, -0.15) is 5.26 Å². The summed E-state index contributed by atoms with van der Waals surface area (Å²) in [5.74, 6) is 0.254. The van der Waals surface area contributed by atoms with E-state index >= 15 is 0 Å². The van der Waals surface area contributed by atoms with E-state index in [1.807, 2.05) is 19.0 Å². The molecule has 0 radical (unpaired) electrons. The highest BCUT2D eigenvalue weighted by Crippen LogP contribution is 2.24. The largest absolute Gasteiger partial charge is 0.352 e. The molecule has 1 atom stereocenters. The molecule has 2 aromatic rings. The normalized spacial score (nSPS) is 15.5. The number of nitriles is 1. The molecular weight excluding hydrogens is 345 g/mol. The monoisotopic (exact) mass is 367 g/mol. The molecule has 27 heavy (non-hydrogen) atoms. The molecular formula is C20H22FN5O. The Balaban J connectivity index is 1.73. The van der Waals surface area contributed by atoms with Gasteiger partial charge in [-0.25, -0.2) is 9.37 Å². The number of rotatable bonds is 4. The first kappa shape index (κ1) is 18.8. The van der Waals surface area contributed by atoms with Gasteiger partial charge in [0.15, 0.2) is 0 Å². The summed E-state index contributed by atoms with van der Waals surface area (Å²) in [6, 6.07) is 11.3. The Bertz CT molecular complexity index is 855. The molecule has 0 N–H and O–H groups in total. The van der Waals surface area contributed by atoms with Crippen molar-refractivity contribution in [2.75, 3.05) is 45.2 Å². The van der Waals surface area contributed by atoms with Gasteiger partial charge in [0.1, 0.15) is 23.7 Å². The summed E-state index contributed by atoms with van der Waals surface area (Å²) in [5, 5.41) is 9.25. The Kier molecular flexibility index (Phi) is 5.67. The molecule has 0 spiro atoms. The fourth-order valence-corrected chi connectivity index (χ4v) is 3.39. The molecule has 6 nitrogen and oxygen atoms in total. The van der Waals surface area contributed by atoms with Crippen molar-refractivity contribution in [3.05, 3.63) is 59.5 Å². The summed E-state index contributed by atoms with van der Waals surface area (Å²) in [7, 11) is 3.63. The lowest BCUT2D eigenvalue weighted by Gasteiger charge is -2.38. The van der Waals surface area contributed by atoms with Gasteiger partial charge in [0.2, 0.25) is 5.91 Å². The lowest BCUT2D eigenvalue weighted by molar-refractivity contribution is -0.136. The number of nitrogens with zero attached hydrogens (tertiary/aromatic N) is 5. The quantitative estimate of drug-likeness (QED) is 0.828. The molecule has 1 aromatic heterocycles. The first-order valence-corrected chi connectivity index (χ1v) is 8.82. The average Bonchev–Trinajstić information content (AvgIpc) is 2.68. The smallest absolute Gasteiger partial charge is 0.244 e. The second kappa shape index (κ2) is 8.14. The number of aromatic nitrogens is 1. The number of likely N-dealkylation sites (N-methyl/N-ethyl adjacent to an activating group) is 1. The molecule has 3 rings (SSSR count). The van der Waals surface area contributed by atoms with Crippen molar-refractivity contribution in [1.29, 1.82) is 5.26 Å². The Morgan fingerprint density at radius 2 is 1.96 bits per heavy atom. The summed E-state index contributed by atoms with van der Waals surface area (Å²) >= 11 is 0. The predicted octanol–water partition coefficient (Wildman–Crippen LogP) is 2.04. The number of piperazine rings is 1. The van der Waals surface area contributed by atoms with Gasteiger partial charge in [0, 0.05) is 32.4 Å². The van der Waals surface area contributed by atoms with E-state index in [-0.39, 0.29) is 11.7 Å². The molecule has 2 heterocycles. The summed E-state index contributed by atoms with van der Waals surface area (Å²) in [6.45, 7) is 2.25. The van der Waals surface area contributed by atoms with Crippen molar-refractivity contribution in [1.82, 2.24) is 14.8 Å². The first-order valence-electron chi connectivity index (χ1n) is 8.82. The predicted molar refractivity (Wildman–Crippen MR) is 101 cm³/mol. The zero-order valence-electron chi connectivity index (χ0n) is 15.5. The minimum absolute atomic E-state index is 0.0493. The molecule has 0 saturated carbocycles. The van der Waals surface area contributed by atoms with Gasteiger partial charge >= 0.3 is 0 Å². The molecule has 7 heteroatoms. The van der Waals surface area contributed by atoms with Crippen LogP contribution in [-0.2, 0) is 4.79 Å². The lowest BCUT2D eigenvalue weighted by atomic mass is 10.0. The van der Waals surface area contributed by atoms with Crippen LogP contribution in [0.5, 0.6) is 0 Å². The van der Waals surface area contributed by atoms with E-state index in [1.54, 1.807) is 40.3 Å². The summed E-state index contributed by atoms with van der Waals surface area (Å²) in [5.41, 5.74) is 1.17.